The van der Waals surface area contributed by atoms with Gasteiger partial charge in [0.05, 0.1) is 42.3 Å². The van der Waals surface area contributed by atoms with Crippen LogP contribution in [0.4, 0.5) is 10.8 Å². The lowest BCUT2D eigenvalue weighted by Crippen LogP contribution is -2.36. The Kier molecular flexibility index (Phi) is 6.62. The molecule has 0 saturated carbocycles. The fraction of sp³-hybridized carbons (Fsp3) is 0.207. The third-order valence-corrected chi connectivity index (χ3v) is 7.82. The summed E-state index contributed by atoms with van der Waals surface area (Å²) in [6.45, 7) is 3.37. The number of hydrazone groups is 1. The predicted octanol–water partition coefficient (Wildman–Crippen LogP) is 6.53. The Balaban J connectivity index is 1.31. The number of hydrogen-bond donors (Lipinski definition) is 0. The minimum absolute atomic E-state index is 0.0196. The molecule has 1 atom stereocenters. The molecule has 3 aromatic carbocycles. The van der Waals surface area contributed by atoms with Gasteiger partial charge in [-0.1, -0.05) is 48.0 Å². The zero-order valence-electron chi connectivity index (χ0n) is 20.0. The van der Waals surface area contributed by atoms with Crippen molar-refractivity contribution < 1.29 is 4.74 Å². The van der Waals surface area contributed by atoms with Crippen LogP contribution in [0.2, 0.25) is 5.02 Å². The molecule has 1 saturated heterocycles. The molecule has 1 fully saturated rings. The lowest BCUT2D eigenvalue weighted by Gasteiger charge is -2.28. The molecule has 2 aliphatic rings. The van der Waals surface area contributed by atoms with Gasteiger partial charge in [-0.25, -0.2) is 9.99 Å². The fourth-order valence-corrected chi connectivity index (χ4v) is 5.67. The van der Waals surface area contributed by atoms with E-state index in [2.05, 4.69) is 47.4 Å². The van der Waals surface area contributed by atoms with E-state index in [9.17, 15) is 0 Å². The van der Waals surface area contributed by atoms with Crippen LogP contribution in [-0.2, 0) is 4.74 Å². The Bertz CT molecular complexity index is 1450. The van der Waals surface area contributed by atoms with Gasteiger partial charge in [0.2, 0.25) is 5.13 Å². The second kappa shape index (κ2) is 10.3. The topological polar surface area (TPSA) is 64.8 Å². The summed E-state index contributed by atoms with van der Waals surface area (Å²) in [7, 11) is 0. The van der Waals surface area contributed by atoms with E-state index in [4.69, 9.17) is 31.7 Å². The number of thiazole rings is 1. The third-order valence-electron chi connectivity index (χ3n) is 6.74. The number of benzene rings is 3. The molecule has 1 unspecified atom stereocenters. The van der Waals surface area contributed by atoms with Gasteiger partial charge in [0, 0.05) is 41.2 Å². The molecule has 6 rings (SSSR count). The van der Waals surface area contributed by atoms with Gasteiger partial charge in [0.1, 0.15) is 0 Å². The molecule has 4 aromatic rings. The summed E-state index contributed by atoms with van der Waals surface area (Å²) in [5, 5.41) is 19.8. The number of ether oxygens (including phenoxy) is 1. The highest BCUT2D eigenvalue weighted by molar-refractivity contribution is 7.14. The number of aromatic nitrogens is 1. The quantitative estimate of drug-likeness (QED) is 0.296. The van der Waals surface area contributed by atoms with E-state index < -0.39 is 0 Å². The molecular weight excluding hydrogens is 502 g/mol. The Hall–Kier alpha value is -3.70. The van der Waals surface area contributed by atoms with Crippen molar-refractivity contribution in [2.24, 2.45) is 5.10 Å². The van der Waals surface area contributed by atoms with Crippen molar-refractivity contribution in [2.75, 3.05) is 36.2 Å². The van der Waals surface area contributed by atoms with Crippen molar-refractivity contribution in [1.82, 2.24) is 4.98 Å². The van der Waals surface area contributed by atoms with Gasteiger partial charge in [-0.3, -0.25) is 0 Å². The van der Waals surface area contributed by atoms with Crippen molar-refractivity contribution in [3.8, 4) is 17.3 Å². The van der Waals surface area contributed by atoms with Crippen molar-refractivity contribution in [2.45, 2.75) is 12.5 Å². The van der Waals surface area contributed by atoms with Crippen LogP contribution in [0.25, 0.3) is 11.3 Å². The molecule has 0 spiro atoms. The van der Waals surface area contributed by atoms with Crippen molar-refractivity contribution >= 4 is 39.5 Å². The molecule has 0 N–H and O–H groups in total. The first-order valence-corrected chi connectivity index (χ1v) is 13.4. The molecule has 184 valence electrons. The van der Waals surface area contributed by atoms with E-state index >= 15 is 0 Å². The maximum atomic E-state index is 9.10. The van der Waals surface area contributed by atoms with Gasteiger partial charge in [0.15, 0.2) is 0 Å². The fourth-order valence-electron chi connectivity index (χ4n) is 4.71. The molecular formula is C29H24ClN5OS. The Labute approximate surface area is 225 Å². The highest BCUT2D eigenvalue weighted by Crippen LogP contribution is 2.40. The number of morpholine rings is 1. The summed E-state index contributed by atoms with van der Waals surface area (Å²) in [6, 6.07) is 26.3. The van der Waals surface area contributed by atoms with Crippen molar-refractivity contribution in [3.05, 3.63) is 99.9 Å². The van der Waals surface area contributed by atoms with Crippen molar-refractivity contribution in [3.63, 3.8) is 0 Å². The Morgan fingerprint density at radius 1 is 0.919 bits per heavy atom. The molecule has 0 aliphatic carbocycles. The van der Waals surface area contributed by atoms with Crippen LogP contribution >= 0.6 is 22.9 Å². The molecule has 1 aromatic heterocycles. The van der Waals surface area contributed by atoms with E-state index in [0.29, 0.717) is 10.6 Å². The van der Waals surface area contributed by atoms with Crippen molar-refractivity contribution in [1.29, 1.82) is 5.26 Å². The highest BCUT2D eigenvalue weighted by Gasteiger charge is 2.32. The summed E-state index contributed by atoms with van der Waals surface area (Å²) in [5.41, 5.74) is 6.98. The number of halogens is 1. The monoisotopic (exact) mass is 525 g/mol. The van der Waals surface area contributed by atoms with Crippen LogP contribution in [0.1, 0.15) is 29.2 Å². The summed E-state index contributed by atoms with van der Waals surface area (Å²) < 4.78 is 5.49. The molecule has 0 bridgehead atoms. The van der Waals surface area contributed by atoms with Gasteiger partial charge in [-0.2, -0.15) is 10.4 Å². The average molecular weight is 526 g/mol. The number of anilines is 2. The molecule has 3 heterocycles. The second-order valence-corrected chi connectivity index (χ2v) is 10.3. The zero-order chi connectivity index (χ0) is 25.2. The highest BCUT2D eigenvalue weighted by atomic mass is 35.5. The smallest absolute Gasteiger partial charge is 0.207 e. The van der Waals surface area contributed by atoms with E-state index in [1.807, 2.05) is 46.8 Å². The third kappa shape index (κ3) is 4.96. The molecule has 37 heavy (non-hydrogen) atoms. The van der Waals surface area contributed by atoms with Crippen LogP contribution in [0, 0.1) is 11.3 Å². The van der Waals surface area contributed by atoms with Crippen LogP contribution in [-0.4, -0.2) is 37.0 Å². The average Bonchev–Trinajstić information content (AvgIpc) is 3.62. The zero-order valence-corrected chi connectivity index (χ0v) is 21.6. The first kappa shape index (κ1) is 23.7. The van der Waals surface area contributed by atoms with Gasteiger partial charge in [0.25, 0.3) is 0 Å². The lowest BCUT2D eigenvalue weighted by atomic mass is 9.98. The number of nitrogens with zero attached hydrogens (tertiary/aromatic N) is 5. The Morgan fingerprint density at radius 2 is 1.62 bits per heavy atom. The minimum Gasteiger partial charge on any atom is -0.378 e. The number of hydrogen-bond acceptors (Lipinski definition) is 7. The molecule has 2 aliphatic heterocycles. The maximum absolute atomic E-state index is 9.10. The van der Waals surface area contributed by atoms with Gasteiger partial charge < -0.3 is 9.64 Å². The standard InChI is InChI=1S/C29H24ClN5OS/c30-24-9-5-23(6-10-24)28-17-26(21-7-11-25(12-8-21)34-13-15-36-16-14-34)33-35(28)29-32-27(19-37-29)22-3-1-20(18-31)2-4-22/h1-12,19,28H,13-17H2. The SMILES string of the molecule is N#Cc1ccc(-c2csc(N3N=C(c4ccc(N5CCOCC5)cc4)CC3c3ccc(Cl)cc3)n2)cc1. The van der Waals surface area contributed by atoms with E-state index in [1.165, 1.54) is 5.69 Å². The van der Waals surface area contributed by atoms with Gasteiger partial charge in [-0.15, -0.1) is 11.3 Å². The van der Waals surface area contributed by atoms with Crippen LogP contribution in [0.3, 0.4) is 0 Å². The Morgan fingerprint density at radius 3 is 2.32 bits per heavy atom. The normalized spacial score (nSPS) is 17.5. The summed E-state index contributed by atoms with van der Waals surface area (Å²) in [5.74, 6) is 0. The number of rotatable bonds is 5. The second-order valence-electron chi connectivity index (χ2n) is 9.01. The van der Waals surface area contributed by atoms with E-state index in [0.717, 1.165) is 66.0 Å². The predicted molar refractivity (Wildman–Crippen MR) is 150 cm³/mol. The molecule has 0 radical (unpaired) electrons. The first-order chi connectivity index (χ1) is 18.2. The summed E-state index contributed by atoms with van der Waals surface area (Å²) in [4.78, 5) is 7.28. The van der Waals surface area contributed by atoms with E-state index in [1.54, 1.807) is 11.3 Å². The summed E-state index contributed by atoms with van der Waals surface area (Å²) >= 11 is 7.75. The van der Waals surface area contributed by atoms with Gasteiger partial charge >= 0.3 is 0 Å². The van der Waals surface area contributed by atoms with Gasteiger partial charge in [-0.05, 0) is 47.5 Å². The molecule has 0 amide bonds. The maximum Gasteiger partial charge on any atom is 0.207 e. The van der Waals surface area contributed by atoms with Crippen LogP contribution < -0.4 is 9.91 Å². The summed E-state index contributed by atoms with van der Waals surface area (Å²) in [6.07, 6.45) is 0.768. The van der Waals surface area contributed by atoms with E-state index in [-0.39, 0.29) is 6.04 Å². The minimum atomic E-state index is 0.0196. The number of nitriles is 1. The molecule has 8 heteroatoms. The molecule has 6 nitrogen and oxygen atoms in total. The lowest BCUT2D eigenvalue weighted by molar-refractivity contribution is 0.122. The largest absolute Gasteiger partial charge is 0.378 e. The van der Waals surface area contributed by atoms with Crippen LogP contribution in [0.15, 0.2) is 83.3 Å². The van der Waals surface area contributed by atoms with Crippen LogP contribution in [0.5, 0.6) is 0 Å². The first-order valence-electron chi connectivity index (χ1n) is 12.2.